The molecule has 104 valence electrons. The van der Waals surface area contributed by atoms with Crippen LogP contribution in [-0.4, -0.2) is 17.2 Å². The van der Waals surface area contributed by atoms with Crippen LogP contribution in [-0.2, 0) is 0 Å². The lowest BCUT2D eigenvalue weighted by Crippen LogP contribution is -1.89. The Morgan fingerprint density at radius 1 is 0.810 bits per heavy atom. The van der Waals surface area contributed by atoms with E-state index in [1.54, 1.807) is 13.2 Å². The summed E-state index contributed by atoms with van der Waals surface area (Å²) in [6.45, 7) is 0. The van der Waals surface area contributed by atoms with E-state index in [0.29, 0.717) is 5.69 Å². The van der Waals surface area contributed by atoms with Gasteiger partial charge in [0.1, 0.15) is 17.2 Å². The highest BCUT2D eigenvalue weighted by Crippen LogP contribution is 2.30. The van der Waals surface area contributed by atoms with Gasteiger partial charge in [-0.1, -0.05) is 30.3 Å². The van der Waals surface area contributed by atoms with Gasteiger partial charge in [-0.05, 0) is 36.4 Å². The molecule has 0 aliphatic heterocycles. The largest absolute Gasteiger partial charge is 0.506 e. The van der Waals surface area contributed by atoms with Crippen LogP contribution in [0.1, 0.15) is 0 Å². The monoisotopic (exact) mass is 277 g/mol. The third-order valence-electron chi connectivity index (χ3n) is 3.31. The van der Waals surface area contributed by atoms with E-state index in [4.69, 9.17) is 4.74 Å². The fourth-order valence-electron chi connectivity index (χ4n) is 2.18. The van der Waals surface area contributed by atoms with Crippen LogP contribution in [0.3, 0.4) is 0 Å². The SMILES string of the molecule is COc1ccc(-c2ccc(O)c(-c3ccccc3)n2)cc1. The summed E-state index contributed by atoms with van der Waals surface area (Å²) in [6.07, 6.45) is 0. The molecule has 3 nitrogen and oxygen atoms in total. The average molecular weight is 277 g/mol. The number of hydrogen-bond donors (Lipinski definition) is 1. The number of ether oxygens (including phenoxy) is 1. The summed E-state index contributed by atoms with van der Waals surface area (Å²) >= 11 is 0. The molecule has 21 heavy (non-hydrogen) atoms. The Kier molecular flexibility index (Phi) is 3.56. The highest BCUT2D eigenvalue weighted by atomic mass is 16.5. The second-order valence-electron chi connectivity index (χ2n) is 4.66. The summed E-state index contributed by atoms with van der Waals surface area (Å²) in [6, 6.07) is 20.8. The fraction of sp³-hybridized carbons (Fsp3) is 0.0556. The standard InChI is InChI=1S/C18H15NO2/c1-21-15-9-7-13(8-10-15)16-11-12-17(20)18(19-16)14-5-3-2-4-6-14/h2-12,20H,1H3. The van der Waals surface area contributed by atoms with Crippen molar-refractivity contribution in [1.82, 2.24) is 4.98 Å². The molecule has 0 aliphatic rings. The van der Waals surface area contributed by atoms with Crippen LogP contribution in [0.25, 0.3) is 22.5 Å². The van der Waals surface area contributed by atoms with Crippen molar-refractivity contribution in [3.05, 3.63) is 66.7 Å². The number of rotatable bonds is 3. The number of nitrogens with zero attached hydrogens (tertiary/aromatic N) is 1. The Morgan fingerprint density at radius 2 is 1.52 bits per heavy atom. The zero-order chi connectivity index (χ0) is 14.7. The number of hydrogen-bond acceptors (Lipinski definition) is 3. The third kappa shape index (κ3) is 2.72. The minimum Gasteiger partial charge on any atom is -0.506 e. The molecule has 0 atom stereocenters. The maximum absolute atomic E-state index is 10.0. The normalized spacial score (nSPS) is 10.3. The molecule has 1 heterocycles. The Hall–Kier alpha value is -2.81. The minimum atomic E-state index is 0.179. The van der Waals surface area contributed by atoms with Gasteiger partial charge < -0.3 is 9.84 Å². The molecule has 0 saturated carbocycles. The van der Waals surface area contributed by atoms with Crippen molar-refractivity contribution in [2.45, 2.75) is 0 Å². The molecule has 1 N–H and O–H groups in total. The molecule has 2 aromatic carbocycles. The van der Waals surface area contributed by atoms with Crippen molar-refractivity contribution >= 4 is 0 Å². The number of aromatic nitrogens is 1. The van der Waals surface area contributed by atoms with Crippen molar-refractivity contribution in [1.29, 1.82) is 0 Å². The van der Waals surface area contributed by atoms with Gasteiger partial charge >= 0.3 is 0 Å². The second kappa shape index (κ2) is 5.67. The molecule has 3 heteroatoms. The Balaban J connectivity index is 2.04. The van der Waals surface area contributed by atoms with Gasteiger partial charge in [-0.2, -0.15) is 0 Å². The Bertz CT molecular complexity index is 737. The van der Waals surface area contributed by atoms with Crippen molar-refractivity contribution in [2.24, 2.45) is 0 Å². The quantitative estimate of drug-likeness (QED) is 0.782. The molecule has 0 unspecified atom stereocenters. The average Bonchev–Trinajstić information content (AvgIpc) is 2.56. The molecular formula is C18H15NO2. The van der Waals surface area contributed by atoms with E-state index < -0.39 is 0 Å². The molecule has 0 bridgehead atoms. The van der Waals surface area contributed by atoms with Crippen LogP contribution in [0.15, 0.2) is 66.7 Å². The number of benzene rings is 2. The maximum Gasteiger partial charge on any atom is 0.141 e. The van der Waals surface area contributed by atoms with Crippen LogP contribution in [0.5, 0.6) is 11.5 Å². The second-order valence-corrected chi connectivity index (χ2v) is 4.66. The minimum absolute atomic E-state index is 0.179. The van der Waals surface area contributed by atoms with Gasteiger partial charge in [0.2, 0.25) is 0 Å². The van der Waals surface area contributed by atoms with Crippen LogP contribution < -0.4 is 4.74 Å². The lowest BCUT2D eigenvalue weighted by atomic mass is 10.1. The molecule has 3 rings (SSSR count). The molecule has 0 aliphatic carbocycles. The van der Waals surface area contributed by atoms with E-state index in [0.717, 1.165) is 22.6 Å². The molecule has 0 saturated heterocycles. The summed E-state index contributed by atoms with van der Waals surface area (Å²) in [5.41, 5.74) is 3.27. The van der Waals surface area contributed by atoms with Gasteiger partial charge in [0, 0.05) is 11.1 Å². The number of methoxy groups -OCH3 is 1. The molecule has 0 fully saturated rings. The number of pyridine rings is 1. The fourth-order valence-corrected chi connectivity index (χ4v) is 2.18. The third-order valence-corrected chi connectivity index (χ3v) is 3.31. The van der Waals surface area contributed by atoms with E-state index in [1.807, 2.05) is 60.7 Å². The van der Waals surface area contributed by atoms with E-state index in [-0.39, 0.29) is 5.75 Å². The molecular weight excluding hydrogens is 262 g/mol. The maximum atomic E-state index is 10.0. The molecule has 1 aromatic heterocycles. The van der Waals surface area contributed by atoms with E-state index in [2.05, 4.69) is 4.98 Å². The molecule has 0 amide bonds. The van der Waals surface area contributed by atoms with Crippen molar-refractivity contribution in [3.63, 3.8) is 0 Å². The molecule has 0 radical (unpaired) electrons. The van der Waals surface area contributed by atoms with Crippen LogP contribution in [0.2, 0.25) is 0 Å². The highest BCUT2D eigenvalue weighted by Gasteiger charge is 2.08. The van der Waals surface area contributed by atoms with Crippen LogP contribution >= 0.6 is 0 Å². The van der Waals surface area contributed by atoms with E-state index in [9.17, 15) is 5.11 Å². The topological polar surface area (TPSA) is 42.4 Å². The van der Waals surface area contributed by atoms with Gasteiger partial charge in [0.25, 0.3) is 0 Å². The van der Waals surface area contributed by atoms with E-state index in [1.165, 1.54) is 0 Å². The first-order valence-corrected chi connectivity index (χ1v) is 6.68. The summed E-state index contributed by atoms with van der Waals surface area (Å²) in [5, 5.41) is 10.0. The zero-order valence-corrected chi connectivity index (χ0v) is 11.7. The van der Waals surface area contributed by atoms with Crippen molar-refractivity contribution in [3.8, 4) is 34.0 Å². The van der Waals surface area contributed by atoms with Gasteiger partial charge in [-0.25, -0.2) is 4.98 Å². The predicted octanol–water partition coefficient (Wildman–Crippen LogP) is 4.13. The first-order valence-electron chi connectivity index (χ1n) is 6.68. The van der Waals surface area contributed by atoms with Crippen LogP contribution in [0.4, 0.5) is 0 Å². The zero-order valence-electron chi connectivity index (χ0n) is 11.7. The molecule has 3 aromatic rings. The van der Waals surface area contributed by atoms with Gasteiger partial charge in [-0.3, -0.25) is 0 Å². The van der Waals surface area contributed by atoms with Gasteiger partial charge in [-0.15, -0.1) is 0 Å². The Morgan fingerprint density at radius 3 is 2.19 bits per heavy atom. The summed E-state index contributed by atoms with van der Waals surface area (Å²) in [7, 11) is 1.64. The van der Waals surface area contributed by atoms with Crippen molar-refractivity contribution in [2.75, 3.05) is 7.11 Å². The first-order chi connectivity index (χ1) is 10.3. The first kappa shape index (κ1) is 13.2. The van der Waals surface area contributed by atoms with Crippen molar-refractivity contribution < 1.29 is 9.84 Å². The summed E-state index contributed by atoms with van der Waals surface area (Å²) < 4.78 is 5.16. The molecule has 0 spiro atoms. The highest BCUT2D eigenvalue weighted by molar-refractivity contribution is 5.71. The van der Waals surface area contributed by atoms with E-state index >= 15 is 0 Å². The van der Waals surface area contributed by atoms with Gasteiger partial charge in [0.05, 0.1) is 12.8 Å². The summed E-state index contributed by atoms with van der Waals surface area (Å²) in [4.78, 5) is 4.58. The smallest absolute Gasteiger partial charge is 0.141 e. The van der Waals surface area contributed by atoms with Crippen LogP contribution in [0, 0.1) is 0 Å². The lowest BCUT2D eigenvalue weighted by molar-refractivity contribution is 0.415. The number of aromatic hydroxyl groups is 1. The Labute approximate surface area is 123 Å². The van der Waals surface area contributed by atoms with Gasteiger partial charge in [0.15, 0.2) is 0 Å². The lowest BCUT2D eigenvalue weighted by Gasteiger charge is -2.08. The predicted molar refractivity (Wildman–Crippen MR) is 83.3 cm³/mol. The summed E-state index contributed by atoms with van der Waals surface area (Å²) in [5.74, 6) is 0.985.